The van der Waals surface area contributed by atoms with Gasteiger partial charge in [-0.15, -0.1) is 0 Å². The van der Waals surface area contributed by atoms with Crippen LogP contribution in [0.3, 0.4) is 0 Å². The highest BCUT2D eigenvalue weighted by atomic mass is 16.1. The van der Waals surface area contributed by atoms with Crippen molar-refractivity contribution in [2.24, 2.45) is 5.73 Å². The van der Waals surface area contributed by atoms with E-state index in [0.717, 1.165) is 18.7 Å². The summed E-state index contributed by atoms with van der Waals surface area (Å²) in [6, 6.07) is 8.22. The van der Waals surface area contributed by atoms with Gasteiger partial charge < -0.3 is 10.6 Å². The minimum Gasteiger partial charge on any atom is -0.372 e. The number of piperidine rings is 1. The number of nitrogens with zero attached hydrogens (tertiary/aromatic N) is 1. The quantitative estimate of drug-likeness (QED) is 0.869. The van der Waals surface area contributed by atoms with Crippen LogP contribution in [0.15, 0.2) is 24.3 Å². The van der Waals surface area contributed by atoms with Crippen LogP contribution in [0.1, 0.15) is 37.7 Å². The molecule has 3 nitrogen and oxygen atoms in total. The maximum absolute atomic E-state index is 11.1. The third kappa shape index (κ3) is 2.78. The molecule has 3 heteroatoms. The molecule has 1 aliphatic rings. The van der Waals surface area contributed by atoms with Gasteiger partial charge in [0.05, 0.1) is 5.92 Å². The van der Waals surface area contributed by atoms with Crippen molar-refractivity contribution in [3.05, 3.63) is 29.8 Å². The minimum absolute atomic E-state index is 0.203. The number of anilines is 1. The summed E-state index contributed by atoms with van der Waals surface area (Å²) in [6.45, 7) is 4.13. The Kier molecular flexibility index (Phi) is 3.67. The molecular formula is C14H20N2O. The van der Waals surface area contributed by atoms with Crippen molar-refractivity contribution in [3.63, 3.8) is 0 Å². The van der Waals surface area contributed by atoms with Crippen LogP contribution in [0.5, 0.6) is 0 Å². The van der Waals surface area contributed by atoms with Crippen LogP contribution in [0.2, 0.25) is 0 Å². The highest BCUT2D eigenvalue weighted by Gasteiger charge is 2.13. The summed E-state index contributed by atoms with van der Waals surface area (Å²) < 4.78 is 0. The second kappa shape index (κ2) is 5.21. The van der Waals surface area contributed by atoms with E-state index in [4.69, 9.17) is 5.73 Å². The molecule has 1 fully saturated rings. The molecule has 92 valence electrons. The zero-order valence-corrected chi connectivity index (χ0v) is 10.4. The lowest BCUT2D eigenvalue weighted by Crippen LogP contribution is -2.29. The third-order valence-electron chi connectivity index (χ3n) is 3.54. The van der Waals surface area contributed by atoms with E-state index >= 15 is 0 Å². The summed E-state index contributed by atoms with van der Waals surface area (Å²) in [5.74, 6) is -0.471. The fourth-order valence-corrected chi connectivity index (χ4v) is 2.29. The van der Waals surface area contributed by atoms with E-state index in [1.54, 1.807) is 0 Å². The van der Waals surface area contributed by atoms with Crippen molar-refractivity contribution in [2.75, 3.05) is 18.0 Å². The topological polar surface area (TPSA) is 46.3 Å². The Morgan fingerprint density at radius 1 is 1.18 bits per heavy atom. The van der Waals surface area contributed by atoms with Gasteiger partial charge in [0, 0.05) is 18.8 Å². The Morgan fingerprint density at radius 2 is 1.76 bits per heavy atom. The fourth-order valence-electron chi connectivity index (χ4n) is 2.29. The smallest absolute Gasteiger partial charge is 0.224 e. The van der Waals surface area contributed by atoms with Gasteiger partial charge in [-0.05, 0) is 43.9 Å². The van der Waals surface area contributed by atoms with Gasteiger partial charge in [0.2, 0.25) is 5.91 Å². The lowest BCUT2D eigenvalue weighted by molar-refractivity contribution is -0.119. The molecular weight excluding hydrogens is 212 g/mol. The second-order valence-corrected chi connectivity index (χ2v) is 4.76. The first kappa shape index (κ1) is 12.0. The standard InChI is InChI=1S/C14H20N2O/c1-11(14(15)17)12-5-7-13(8-6-12)16-9-3-2-4-10-16/h5-8,11H,2-4,9-10H2,1H3,(H2,15,17)/t11-/m0/s1. The van der Waals surface area contributed by atoms with Crippen molar-refractivity contribution in [1.82, 2.24) is 0 Å². The molecule has 1 aliphatic heterocycles. The van der Waals surface area contributed by atoms with Crippen LogP contribution in [-0.4, -0.2) is 19.0 Å². The highest BCUT2D eigenvalue weighted by Crippen LogP contribution is 2.22. The number of carbonyl (C=O) groups excluding carboxylic acids is 1. The summed E-state index contributed by atoms with van der Waals surface area (Å²) in [4.78, 5) is 13.5. The molecule has 1 amide bonds. The van der Waals surface area contributed by atoms with Crippen molar-refractivity contribution in [1.29, 1.82) is 0 Å². The zero-order chi connectivity index (χ0) is 12.3. The van der Waals surface area contributed by atoms with Crippen molar-refractivity contribution < 1.29 is 4.79 Å². The van der Waals surface area contributed by atoms with E-state index in [2.05, 4.69) is 17.0 Å². The number of benzene rings is 1. The Bertz CT molecular complexity index is 380. The molecule has 1 atom stereocenters. The molecule has 17 heavy (non-hydrogen) atoms. The number of carbonyl (C=O) groups is 1. The Balaban J connectivity index is 2.09. The van der Waals surface area contributed by atoms with Gasteiger partial charge in [-0.2, -0.15) is 0 Å². The van der Waals surface area contributed by atoms with Gasteiger partial charge in [-0.1, -0.05) is 12.1 Å². The summed E-state index contributed by atoms with van der Waals surface area (Å²) >= 11 is 0. The number of hydrogen-bond donors (Lipinski definition) is 1. The highest BCUT2D eigenvalue weighted by molar-refractivity contribution is 5.81. The largest absolute Gasteiger partial charge is 0.372 e. The maximum Gasteiger partial charge on any atom is 0.224 e. The van der Waals surface area contributed by atoms with Gasteiger partial charge in [0.15, 0.2) is 0 Å². The van der Waals surface area contributed by atoms with E-state index in [0.29, 0.717) is 0 Å². The normalized spacial score (nSPS) is 17.8. The predicted molar refractivity (Wildman–Crippen MR) is 70.1 cm³/mol. The number of nitrogens with two attached hydrogens (primary N) is 1. The lowest BCUT2D eigenvalue weighted by atomic mass is 10.00. The van der Waals surface area contributed by atoms with Crippen LogP contribution in [0.25, 0.3) is 0 Å². The molecule has 0 bridgehead atoms. The third-order valence-corrected chi connectivity index (χ3v) is 3.54. The first-order chi connectivity index (χ1) is 8.18. The molecule has 2 N–H and O–H groups in total. The first-order valence-electron chi connectivity index (χ1n) is 6.32. The van der Waals surface area contributed by atoms with Crippen LogP contribution in [0.4, 0.5) is 5.69 Å². The Morgan fingerprint density at radius 3 is 2.29 bits per heavy atom. The van der Waals surface area contributed by atoms with Crippen molar-refractivity contribution in [2.45, 2.75) is 32.1 Å². The molecule has 1 saturated heterocycles. The second-order valence-electron chi connectivity index (χ2n) is 4.76. The summed E-state index contributed by atoms with van der Waals surface area (Å²) in [5.41, 5.74) is 7.55. The summed E-state index contributed by atoms with van der Waals surface area (Å²) in [6.07, 6.45) is 3.90. The van der Waals surface area contributed by atoms with E-state index in [9.17, 15) is 4.79 Å². The molecule has 1 aromatic rings. The van der Waals surface area contributed by atoms with Gasteiger partial charge in [0.25, 0.3) is 0 Å². The molecule has 0 aromatic heterocycles. The van der Waals surface area contributed by atoms with Crippen LogP contribution in [0, 0.1) is 0 Å². The van der Waals surface area contributed by atoms with Gasteiger partial charge in [-0.3, -0.25) is 4.79 Å². The SMILES string of the molecule is C[C@H](C(N)=O)c1ccc(N2CCCCC2)cc1. The predicted octanol–water partition coefficient (Wildman–Crippen LogP) is 2.27. The number of rotatable bonds is 3. The molecule has 1 heterocycles. The minimum atomic E-state index is -0.268. The number of primary amides is 1. The molecule has 0 radical (unpaired) electrons. The molecule has 0 saturated carbocycles. The molecule has 2 rings (SSSR count). The molecule has 0 unspecified atom stereocenters. The molecule has 1 aromatic carbocycles. The van der Waals surface area contributed by atoms with Crippen LogP contribution < -0.4 is 10.6 Å². The fraction of sp³-hybridized carbons (Fsp3) is 0.500. The van der Waals surface area contributed by atoms with E-state index < -0.39 is 0 Å². The average Bonchev–Trinajstić information content (AvgIpc) is 2.39. The summed E-state index contributed by atoms with van der Waals surface area (Å²) in [7, 11) is 0. The Hall–Kier alpha value is -1.51. The summed E-state index contributed by atoms with van der Waals surface area (Å²) in [5, 5.41) is 0. The van der Waals surface area contributed by atoms with Gasteiger partial charge >= 0.3 is 0 Å². The monoisotopic (exact) mass is 232 g/mol. The Labute approximate surface area is 103 Å². The zero-order valence-electron chi connectivity index (χ0n) is 10.4. The van der Waals surface area contributed by atoms with Crippen molar-refractivity contribution in [3.8, 4) is 0 Å². The van der Waals surface area contributed by atoms with E-state index in [1.165, 1.54) is 24.9 Å². The van der Waals surface area contributed by atoms with Crippen LogP contribution in [-0.2, 0) is 4.79 Å². The van der Waals surface area contributed by atoms with Gasteiger partial charge in [-0.25, -0.2) is 0 Å². The maximum atomic E-state index is 11.1. The van der Waals surface area contributed by atoms with Crippen LogP contribution >= 0.6 is 0 Å². The van der Waals surface area contributed by atoms with E-state index in [-0.39, 0.29) is 11.8 Å². The lowest BCUT2D eigenvalue weighted by Gasteiger charge is -2.29. The van der Waals surface area contributed by atoms with Crippen molar-refractivity contribution >= 4 is 11.6 Å². The first-order valence-corrected chi connectivity index (χ1v) is 6.32. The number of hydrogen-bond acceptors (Lipinski definition) is 2. The average molecular weight is 232 g/mol. The number of amides is 1. The molecule has 0 spiro atoms. The van der Waals surface area contributed by atoms with Gasteiger partial charge in [0.1, 0.15) is 0 Å². The van der Waals surface area contributed by atoms with E-state index in [1.807, 2.05) is 19.1 Å². The molecule has 0 aliphatic carbocycles.